The minimum Gasteiger partial charge on any atom is -0.337 e. The van der Waals surface area contributed by atoms with Crippen molar-refractivity contribution in [2.75, 3.05) is 13.1 Å². The van der Waals surface area contributed by atoms with Gasteiger partial charge in [0.2, 0.25) is 0 Å². The van der Waals surface area contributed by atoms with E-state index in [9.17, 15) is 9.59 Å². The average molecular weight is 419 g/mol. The number of hydrogen-bond acceptors (Lipinski definition) is 3. The summed E-state index contributed by atoms with van der Waals surface area (Å²) in [6, 6.07) is 10.2. The molecule has 0 unspecified atom stereocenters. The molecule has 3 aromatic rings. The zero-order chi connectivity index (χ0) is 20.1. The van der Waals surface area contributed by atoms with Crippen molar-refractivity contribution in [1.29, 1.82) is 0 Å². The fraction of sp³-hybridized carbons (Fsp3) is 0.250. The number of benzene rings is 1. The monoisotopic (exact) mass is 418 g/mol. The molecule has 0 saturated carbocycles. The lowest BCUT2D eigenvalue weighted by Crippen LogP contribution is -2.38. The number of carbonyl (C=O) groups is 1. The van der Waals surface area contributed by atoms with Crippen molar-refractivity contribution in [2.24, 2.45) is 0 Å². The largest absolute Gasteiger partial charge is 0.337 e. The molecule has 1 amide bonds. The first kappa shape index (κ1) is 20.2. The summed E-state index contributed by atoms with van der Waals surface area (Å²) in [5, 5.41) is 5.09. The van der Waals surface area contributed by atoms with E-state index in [1.807, 2.05) is 19.2 Å². The molecule has 28 heavy (non-hydrogen) atoms. The van der Waals surface area contributed by atoms with Crippen molar-refractivity contribution in [3.63, 3.8) is 0 Å². The molecule has 0 saturated heterocycles. The second-order valence-corrected chi connectivity index (χ2v) is 7.02. The Kier molecular flexibility index (Phi) is 6.54. The normalized spacial score (nSPS) is 10.8. The van der Waals surface area contributed by atoms with E-state index < -0.39 is 0 Å². The van der Waals surface area contributed by atoms with Crippen molar-refractivity contribution in [1.82, 2.24) is 19.2 Å². The fourth-order valence-corrected chi connectivity index (χ4v) is 3.42. The van der Waals surface area contributed by atoms with Crippen LogP contribution in [0.4, 0.5) is 0 Å². The Balaban J connectivity index is 1.83. The predicted molar refractivity (Wildman–Crippen MR) is 110 cm³/mol. The van der Waals surface area contributed by atoms with Gasteiger partial charge in [-0.15, -0.1) is 0 Å². The Bertz CT molecular complexity index is 995. The standard InChI is InChI=1S/C20H20Cl2N4O2/c1-2-24(12-13-26-11-5-9-23-26)19(27)15-6-4-10-25(20(15)28)14-16-17(21)7-3-8-18(16)22/h3-11H,2,12-14H2,1H3. The summed E-state index contributed by atoms with van der Waals surface area (Å²) in [6.07, 6.45) is 5.15. The lowest BCUT2D eigenvalue weighted by atomic mass is 10.2. The van der Waals surface area contributed by atoms with Crippen molar-refractivity contribution < 1.29 is 4.79 Å². The zero-order valence-corrected chi connectivity index (χ0v) is 16.9. The van der Waals surface area contributed by atoms with Gasteiger partial charge in [0, 0.05) is 47.3 Å². The predicted octanol–water partition coefficient (Wildman–Crippen LogP) is 3.56. The highest BCUT2D eigenvalue weighted by Crippen LogP contribution is 2.24. The molecule has 146 valence electrons. The van der Waals surface area contributed by atoms with E-state index in [-0.39, 0.29) is 23.6 Å². The van der Waals surface area contributed by atoms with Crippen molar-refractivity contribution in [3.05, 3.63) is 86.5 Å². The maximum Gasteiger partial charge on any atom is 0.263 e. The van der Waals surface area contributed by atoms with Crippen LogP contribution >= 0.6 is 23.2 Å². The van der Waals surface area contributed by atoms with Gasteiger partial charge >= 0.3 is 0 Å². The highest BCUT2D eigenvalue weighted by molar-refractivity contribution is 6.35. The molecular formula is C20H20Cl2N4O2. The van der Waals surface area contributed by atoms with Gasteiger partial charge in [-0.25, -0.2) is 0 Å². The summed E-state index contributed by atoms with van der Waals surface area (Å²) in [5.41, 5.74) is 0.387. The summed E-state index contributed by atoms with van der Waals surface area (Å²) >= 11 is 12.4. The van der Waals surface area contributed by atoms with Crippen molar-refractivity contribution in [2.45, 2.75) is 20.0 Å². The molecule has 0 aliphatic rings. The molecular weight excluding hydrogens is 399 g/mol. The van der Waals surface area contributed by atoms with Crippen LogP contribution in [0.3, 0.4) is 0 Å². The Labute approximate surface area is 172 Å². The van der Waals surface area contributed by atoms with Crippen LogP contribution in [0.5, 0.6) is 0 Å². The Morgan fingerprint density at radius 1 is 1.11 bits per heavy atom. The number of aromatic nitrogens is 3. The second-order valence-electron chi connectivity index (χ2n) is 6.21. The van der Waals surface area contributed by atoms with Gasteiger partial charge < -0.3 is 9.47 Å². The number of halogens is 2. The fourth-order valence-electron chi connectivity index (χ4n) is 2.91. The zero-order valence-electron chi connectivity index (χ0n) is 15.4. The second kappa shape index (κ2) is 9.08. The smallest absolute Gasteiger partial charge is 0.263 e. The van der Waals surface area contributed by atoms with Crippen LogP contribution in [0, 0.1) is 0 Å². The van der Waals surface area contributed by atoms with E-state index in [0.717, 1.165) is 0 Å². The van der Waals surface area contributed by atoms with E-state index in [4.69, 9.17) is 23.2 Å². The van der Waals surface area contributed by atoms with Gasteiger partial charge in [-0.1, -0.05) is 29.3 Å². The van der Waals surface area contributed by atoms with Gasteiger partial charge in [0.15, 0.2) is 0 Å². The van der Waals surface area contributed by atoms with Crippen LogP contribution in [0.2, 0.25) is 10.0 Å². The third-order valence-corrected chi connectivity index (χ3v) is 5.18. The summed E-state index contributed by atoms with van der Waals surface area (Å²) in [6.45, 7) is 3.58. The highest BCUT2D eigenvalue weighted by atomic mass is 35.5. The molecule has 8 heteroatoms. The van der Waals surface area contributed by atoms with Crippen LogP contribution in [0.1, 0.15) is 22.8 Å². The van der Waals surface area contributed by atoms with Gasteiger partial charge in [-0.05, 0) is 37.3 Å². The summed E-state index contributed by atoms with van der Waals surface area (Å²) in [7, 11) is 0. The quantitative estimate of drug-likeness (QED) is 0.589. The van der Waals surface area contributed by atoms with Gasteiger partial charge in [0.1, 0.15) is 5.56 Å². The molecule has 0 spiro atoms. The number of hydrogen-bond donors (Lipinski definition) is 0. The third kappa shape index (κ3) is 4.46. The maximum absolute atomic E-state index is 12.9. The molecule has 0 N–H and O–H groups in total. The number of carbonyl (C=O) groups excluding carboxylic acids is 1. The molecule has 0 atom stereocenters. The molecule has 1 aromatic carbocycles. The molecule has 0 radical (unpaired) electrons. The molecule has 6 nitrogen and oxygen atoms in total. The number of amides is 1. The third-order valence-electron chi connectivity index (χ3n) is 4.47. The minimum atomic E-state index is -0.374. The lowest BCUT2D eigenvalue weighted by Gasteiger charge is -2.21. The summed E-state index contributed by atoms with van der Waals surface area (Å²) in [4.78, 5) is 27.5. The van der Waals surface area contributed by atoms with Gasteiger partial charge in [-0.3, -0.25) is 14.3 Å². The maximum atomic E-state index is 12.9. The Morgan fingerprint density at radius 3 is 2.50 bits per heavy atom. The molecule has 2 heterocycles. The van der Waals surface area contributed by atoms with E-state index >= 15 is 0 Å². The van der Waals surface area contributed by atoms with Gasteiger partial charge in [0.05, 0.1) is 13.1 Å². The SMILES string of the molecule is CCN(CCn1cccn1)C(=O)c1cccn(Cc2c(Cl)cccc2Cl)c1=O. The van der Waals surface area contributed by atoms with Gasteiger partial charge in [0.25, 0.3) is 11.5 Å². The first-order valence-electron chi connectivity index (χ1n) is 8.90. The summed E-state index contributed by atoms with van der Waals surface area (Å²) in [5.74, 6) is -0.306. The van der Waals surface area contributed by atoms with Crippen LogP contribution in [0.25, 0.3) is 0 Å². The molecule has 0 aliphatic heterocycles. The van der Waals surface area contributed by atoms with Crippen LogP contribution in [-0.2, 0) is 13.1 Å². The minimum absolute atomic E-state index is 0.119. The topological polar surface area (TPSA) is 60.1 Å². The molecule has 0 bridgehead atoms. The average Bonchev–Trinajstić information content (AvgIpc) is 3.20. The molecule has 2 aromatic heterocycles. The van der Waals surface area contributed by atoms with Crippen LogP contribution < -0.4 is 5.56 Å². The Morgan fingerprint density at radius 2 is 1.86 bits per heavy atom. The molecule has 3 rings (SSSR count). The first-order valence-corrected chi connectivity index (χ1v) is 9.66. The number of nitrogens with zero attached hydrogens (tertiary/aromatic N) is 4. The lowest BCUT2D eigenvalue weighted by molar-refractivity contribution is 0.0755. The molecule has 0 fully saturated rings. The highest BCUT2D eigenvalue weighted by Gasteiger charge is 2.19. The molecule has 0 aliphatic carbocycles. The Hall–Kier alpha value is -2.57. The van der Waals surface area contributed by atoms with Crippen molar-refractivity contribution >= 4 is 29.1 Å². The van der Waals surface area contributed by atoms with E-state index in [1.54, 1.807) is 52.3 Å². The van der Waals surface area contributed by atoms with Crippen molar-refractivity contribution in [3.8, 4) is 0 Å². The van der Waals surface area contributed by atoms with E-state index in [1.165, 1.54) is 4.57 Å². The van der Waals surface area contributed by atoms with E-state index in [2.05, 4.69) is 5.10 Å². The first-order chi connectivity index (χ1) is 13.5. The van der Waals surface area contributed by atoms with Gasteiger partial charge in [-0.2, -0.15) is 5.10 Å². The number of pyridine rings is 1. The van der Waals surface area contributed by atoms with E-state index in [0.29, 0.717) is 35.2 Å². The number of likely N-dealkylation sites (N-methyl/N-ethyl adjacent to an activating group) is 1. The van der Waals surface area contributed by atoms with Crippen LogP contribution in [0.15, 0.2) is 59.8 Å². The van der Waals surface area contributed by atoms with Crippen LogP contribution in [-0.4, -0.2) is 38.2 Å². The summed E-state index contributed by atoms with van der Waals surface area (Å²) < 4.78 is 3.19. The number of rotatable bonds is 7.